The third-order valence-corrected chi connectivity index (χ3v) is 3.13. The van der Waals surface area contributed by atoms with Crippen LogP contribution in [0, 0.1) is 0 Å². The van der Waals surface area contributed by atoms with Crippen LogP contribution in [0.2, 0.25) is 0 Å². The zero-order valence-corrected chi connectivity index (χ0v) is 10.6. The number of rotatable bonds is 7. The smallest absolute Gasteiger partial charge is 0.268 e. The Balaban J connectivity index is 1.98. The average Bonchev–Trinajstić information content (AvgIpc) is 3.07. The summed E-state index contributed by atoms with van der Waals surface area (Å²) in [6, 6.07) is 4.07. The molecule has 0 aromatic carbocycles. The van der Waals surface area contributed by atoms with E-state index in [0.29, 0.717) is 24.8 Å². The summed E-state index contributed by atoms with van der Waals surface area (Å²) in [7, 11) is 1.59. The van der Waals surface area contributed by atoms with Crippen LogP contribution < -0.4 is 5.32 Å². The van der Waals surface area contributed by atoms with Gasteiger partial charge in [0.05, 0.1) is 12.6 Å². The first-order chi connectivity index (χ1) is 8.76. The molecule has 0 bridgehead atoms. The predicted octanol–water partition coefficient (Wildman–Crippen LogP) is 0.950. The fraction of sp³-hybridized carbons (Fsp3) is 0.615. The molecule has 0 aliphatic heterocycles. The Kier molecular flexibility index (Phi) is 4.38. The second-order valence-corrected chi connectivity index (χ2v) is 4.67. The van der Waals surface area contributed by atoms with Crippen molar-refractivity contribution < 1.29 is 14.6 Å². The number of amides is 1. The normalized spacial score (nSPS) is 16.6. The van der Waals surface area contributed by atoms with Crippen molar-refractivity contribution in [1.82, 2.24) is 9.88 Å². The Morgan fingerprint density at radius 3 is 3.06 bits per heavy atom. The second-order valence-electron chi connectivity index (χ2n) is 4.67. The molecule has 18 heavy (non-hydrogen) atoms. The van der Waals surface area contributed by atoms with Crippen LogP contribution >= 0.6 is 0 Å². The summed E-state index contributed by atoms with van der Waals surface area (Å²) >= 11 is 0. The first-order valence-electron chi connectivity index (χ1n) is 6.33. The lowest BCUT2D eigenvalue weighted by molar-refractivity contribution is 0.0869. The monoisotopic (exact) mass is 252 g/mol. The van der Waals surface area contributed by atoms with Gasteiger partial charge in [-0.1, -0.05) is 0 Å². The van der Waals surface area contributed by atoms with Gasteiger partial charge in [0, 0.05) is 26.0 Å². The molecule has 100 valence electrons. The van der Waals surface area contributed by atoms with E-state index in [0.717, 1.165) is 12.8 Å². The highest BCUT2D eigenvalue weighted by atomic mass is 16.5. The van der Waals surface area contributed by atoms with Gasteiger partial charge in [-0.05, 0) is 31.4 Å². The number of carbonyl (C=O) groups excluding carboxylic acids is 1. The quantitative estimate of drug-likeness (QED) is 0.759. The van der Waals surface area contributed by atoms with Gasteiger partial charge in [0.1, 0.15) is 5.69 Å². The van der Waals surface area contributed by atoms with Gasteiger partial charge in [-0.2, -0.15) is 0 Å². The lowest BCUT2D eigenvalue weighted by atomic mass is 10.2. The number of nitrogens with one attached hydrogen (secondary N) is 1. The largest absolute Gasteiger partial charge is 0.396 e. The molecule has 2 N–H and O–H groups in total. The van der Waals surface area contributed by atoms with Crippen molar-refractivity contribution in [1.29, 1.82) is 0 Å². The maximum absolute atomic E-state index is 12.1. The summed E-state index contributed by atoms with van der Waals surface area (Å²) in [5.41, 5.74) is 0.691. The van der Waals surface area contributed by atoms with Crippen molar-refractivity contribution in [3.8, 4) is 0 Å². The highest BCUT2D eigenvalue weighted by molar-refractivity contribution is 5.93. The zero-order chi connectivity index (χ0) is 13.0. The number of ether oxygens (including phenoxy) is 1. The Morgan fingerprint density at radius 1 is 1.67 bits per heavy atom. The van der Waals surface area contributed by atoms with Crippen LogP contribution in [0.1, 0.15) is 35.8 Å². The van der Waals surface area contributed by atoms with Gasteiger partial charge in [-0.15, -0.1) is 0 Å². The summed E-state index contributed by atoms with van der Waals surface area (Å²) in [6.07, 6.45) is 4.74. The highest BCUT2D eigenvalue weighted by Crippen LogP contribution is 2.35. The molecule has 1 saturated carbocycles. The van der Waals surface area contributed by atoms with Gasteiger partial charge in [0.2, 0.25) is 0 Å². The van der Waals surface area contributed by atoms with E-state index in [2.05, 4.69) is 5.32 Å². The lowest BCUT2D eigenvalue weighted by Crippen LogP contribution is -2.39. The molecule has 1 amide bonds. The zero-order valence-electron chi connectivity index (χ0n) is 10.6. The minimum atomic E-state index is -0.143. The molecule has 1 aliphatic rings. The fourth-order valence-electron chi connectivity index (χ4n) is 2.07. The lowest BCUT2D eigenvalue weighted by Gasteiger charge is -2.17. The summed E-state index contributed by atoms with van der Waals surface area (Å²) in [4.78, 5) is 12.1. The van der Waals surface area contributed by atoms with Crippen molar-refractivity contribution in [2.24, 2.45) is 0 Å². The minimum absolute atomic E-state index is 0.0396. The summed E-state index contributed by atoms with van der Waals surface area (Å²) in [6.45, 7) is 0.453. The topological polar surface area (TPSA) is 63.5 Å². The SMILES string of the molecule is COCC(CCO)NC(=O)c1cccn1C1CC1. The van der Waals surface area contributed by atoms with E-state index in [4.69, 9.17) is 9.84 Å². The minimum Gasteiger partial charge on any atom is -0.396 e. The van der Waals surface area contributed by atoms with Crippen molar-refractivity contribution in [3.63, 3.8) is 0 Å². The standard InChI is InChI=1S/C13H20N2O3/c1-18-9-10(6-8-16)14-13(17)12-3-2-7-15(12)11-4-5-11/h2-3,7,10-11,16H,4-6,8-9H2,1H3,(H,14,17). The number of aromatic nitrogens is 1. The number of aliphatic hydroxyl groups excluding tert-OH is 1. The molecule has 1 heterocycles. The second kappa shape index (κ2) is 6.02. The molecule has 0 saturated heterocycles. The van der Waals surface area contributed by atoms with Gasteiger partial charge in [-0.25, -0.2) is 0 Å². The highest BCUT2D eigenvalue weighted by Gasteiger charge is 2.27. The molecule has 1 aromatic rings. The van der Waals surface area contributed by atoms with Gasteiger partial charge in [0.15, 0.2) is 0 Å². The molecule has 1 aromatic heterocycles. The first kappa shape index (κ1) is 13.1. The Hall–Kier alpha value is -1.33. The van der Waals surface area contributed by atoms with Crippen molar-refractivity contribution in [2.45, 2.75) is 31.3 Å². The molecule has 0 spiro atoms. The molecule has 1 fully saturated rings. The van der Waals surface area contributed by atoms with E-state index in [-0.39, 0.29) is 18.6 Å². The molecule has 0 radical (unpaired) electrons. The molecular weight excluding hydrogens is 232 g/mol. The average molecular weight is 252 g/mol. The molecule has 5 nitrogen and oxygen atoms in total. The fourth-order valence-corrected chi connectivity index (χ4v) is 2.07. The maximum atomic E-state index is 12.1. The number of carbonyl (C=O) groups is 1. The summed E-state index contributed by atoms with van der Waals surface area (Å²) in [5, 5.41) is 11.8. The Labute approximate surface area is 107 Å². The third-order valence-electron chi connectivity index (χ3n) is 3.13. The molecule has 1 unspecified atom stereocenters. The van der Waals surface area contributed by atoms with Gasteiger partial charge in [-0.3, -0.25) is 4.79 Å². The molecular formula is C13H20N2O3. The van der Waals surface area contributed by atoms with E-state index < -0.39 is 0 Å². The summed E-state index contributed by atoms with van der Waals surface area (Å²) in [5.74, 6) is -0.0950. The van der Waals surface area contributed by atoms with E-state index in [9.17, 15) is 4.79 Å². The number of hydrogen-bond acceptors (Lipinski definition) is 3. The van der Waals surface area contributed by atoms with Crippen LogP contribution in [-0.2, 0) is 4.74 Å². The van der Waals surface area contributed by atoms with Crippen LogP contribution in [0.15, 0.2) is 18.3 Å². The summed E-state index contributed by atoms with van der Waals surface area (Å²) < 4.78 is 7.06. The molecule has 1 atom stereocenters. The van der Waals surface area contributed by atoms with Crippen molar-refractivity contribution >= 4 is 5.91 Å². The third kappa shape index (κ3) is 3.11. The molecule has 1 aliphatic carbocycles. The Bertz CT molecular complexity index is 393. The van der Waals surface area contributed by atoms with Crippen molar-refractivity contribution in [3.05, 3.63) is 24.0 Å². The molecule has 2 rings (SSSR count). The van der Waals surface area contributed by atoms with Gasteiger partial charge in [0.25, 0.3) is 5.91 Å². The number of methoxy groups -OCH3 is 1. The number of aliphatic hydroxyl groups is 1. The van der Waals surface area contributed by atoms with Crippen LogP contribution in [0.3, 0.4) is 0 Å². The van der Waals surface area contributed by atoms with Gasteiger partial charge < -0.3 is 19.7 Å². The van der Waals surface area contributed by atoms with E-state index >= 15 is 0 Å². The van der Waals surface area contributed by atoms with Crippen LogP contribution in [0.25, 0.3) is 0 Å². The van der Waals surface area contributed by atoms with Crippen LogP contribution in [0.4, 0.5) is 0 Å². The van der Waals surface area contributed by atoms with E-state index in [1.165, 1.54) is 0 Å². The van der Waals surface area contributed by atoms with Crippen LogP contribution in [0.5, 0.6) is 0 Å². The Morgan fingerprint density at radius 2 is 2.44 bits per heavy atom. The van der Waals surface area contributed by atoms with Crippen molar-refractivity contribution in [2.75, 3.05) is 20.3 Å². The van der Waals surface area contributed by atoms with Crippen LogP contribution in [-0.4, -0.2) is 41.9 Å². The first-order valence-corrected chi connectivity index (χ1v) is 6.33. The predicted molar refractivity (Wildman–Crippen MR) is 67.5 cm³/mol. The maximum Gasteiger partial charge on any atom is 0.268 e. The number of hydrogen-bond donors (Lipinski definition) is 2. The van der Waals surface area contributed by atoms with E-state index in [1.54, 1.807) is 7.11 Å². The number of nitrogens with zero attached hydrogens (tertiary/aromatic N) is 1. The van der Waals surface area contributed by atoms with E-state index in [1.807, 2.05) is 22.9 Å². The van der Waals surface area contributed by atoms with Gasteiger partial charge >= 0.3 is 0 Å². The molecule has 5 heteroatoms.